The second-order valence-electron chi connectivity index (χ2n) is 7.85. The van der Waals surface area contributed by atoms with E-state index in [2.05, 4.69) is 16.0 Å². The Kier molecular flexibility index (Phi) is 11.6. The first-order valence-electron chi connectivity index (χ1n) is 10.6. The zero-order valence-corrected chi connectivity index (χ0v) is 19.0. The number of aliphatic hydroxyl groups is 2. The highest BCUT2D eigenvalue weighted by Crippen LogP contribution is 2.12. The Morgan fingerprint density at radius 2 is 1.43 bits per heavy atom. The number of carbonyl (C=O) groups is 5. The molecule has 0 heterocycles. The lowest BCUT2D eigenvalue weighted by Crippen LogP contribution is -2.59. The SMILES string of the molecule is CC(O)C(N)C(=O)NC(CO)C(=O)NC(CCC(N)=O)C(=O)NC(Cc1ccc(O)cc1)C(=O)O. The molecule has 0 spiro atoms. The number of phenols is 1. The molecule has 4 amide bonds. The van der Waals surface area contributed by atoms with E-state index in [9.17, 15) is 44.4 Å². The van der Waals surface area contributed by atoms with Crippen molar-refractivity contribution in [3.05, 3.63) is 29.8 Å². The van der Waals surface area contributed by atoms with Gasteiger partial charge in [-0.05, 0) is 31.0 Å². The van der Waals surface area contributed by atoms with Crippen LogP contribution in [0.15, 0.2) is 24.3 Å². The highest BCUT2D eigenvalue weighted by atomic mass is 16.4. The number of nitrogens with one attached hydrogen (secondary N) is 3. The quantitative estimate of drug-likeness (QED) is 0.122. The number of nitrogens with two attached hydrogens (primary N) is 2. The first-order valence-corrected chi connectivity index (χ1v) is 10.6. The predicted octanol–water partition coefficient (Wildman–Crippen LogP) is -3.56. The summed E-state index contributed by atoms with van der Waals surface area (Å²) >= 11 is 0. The van der Waals surface area contributed by atoms with Gasteiger partial charge in [-0.2, -0.15) is 0 Å². The number of primary amides is 1. The average molecular weight is 498 g/mol. The maximum atomic E-state index is 12.8. The minimum atomic E-state index is -1.55. The number of hydrogen-bond donors (Lipinski definition) is 9. The van der Waals surface area contributed by atoms with Crippen molar-refractivity contribution in [2.45, 2.75) is 56.5 Å². The Morgan fingerprint density at radius 3 is 1.91 bits per heavy atom. The standard InChI is InChI=1S/C21H31N5O9/c1-10(28)17(23)20(33)26-15(9-27)19(32)24-13(6-7-16(22)30)18(31)25-14(21(34)35)8-11-2-4-12(29)5-3-11/h2-5,10,13-15,17,27-29H,6-9,23H2,1H3,(H2,22,30)(H,24,32)(H,25,31)(H,26,33)(H,34,35). The van der Waals surface area contributed by atoms with Gasteiger partial charge >= 0.3 is 5.97 Å². The number of amides is 4. The van der Waals surface area contributed by atoms with E-state index < -0.39 is 66.5 Å². The number of hydrogen-bond acceptors (Lipinski definition) is 9. The molecule has 0 aliphatic heterocycles. The summed E-state index contributed by atoms with van der Waals surface area (Å²) in [7, 11) is 0. The normalized spacial score (nSPS) is 15.1. The molecule has 5 unspecified atom stereocenters. The van der Waals surface area contributed by atoms with Gasteiger partial charge in [-0.25, -0.2) is 4.79 Å². The van der Waals surface area contributed by atoms with E-state index in [0.717, 1.165) is 0 Å². The fourth-order valence-corrected chi connectivity index (χ4v) is 2.85. The van der Waals surface area contributed by atoms with E-state index in [1.807, 2.05) is 0 Å². The average Bonchev–Trinajstić information content (AvgIpc) is 2.79. The third-order valence-corrected chi connectivity index (χ3v) is 4.94. The molecule has 1 aromatic carbocycles. The second kappa shape index (κ2) is 13.8. The fraction of sp³-hybridized carbons (Fsp3) is 0.476. The zero-order chi connectivity index (χ0) is 26.7. The van der Waals surface area contributed by atoms with Crippen LogP contribution in [0.2, 0.25) is 0 Å². The van der Waals surface area contributed by atoms with Gasteiger partial charge in [0.2, 0.25) is 23.6 Å². The van der Waals surface area contributed by atoms with E-state index in [1.54, 1.807) is 0 Å². The summed E-state index contributed by atoms with van der Waals surface area (Å²) in [6.07, 6.45) is -2.02. The summed E-state index contributed by atoms with van der Waals surface area (Å²) in [5, 5.41) is 44.4. The number of aliphatic carboxylic acids is 1. The number of benzene rings is 1. The van der Waals surface area contributed by atoms with E-state index >= 15 is 0 Å². The van der Waals surface area contributed by atoms with Crippen LogP contribution in [0, 0.1) is 0 Å². The second-order valence-corrected chi connectivity index (χ2v) is 7.85. The molecule has 0 bridgehead atoms. The molecular formula is C21H31N5O9. The molecule has 14 heteroatoms. The van der Waals surface area contributed by atoms with Gasteiger partial charge in [0.15, 0.2) is 0 Å². The number of carbonyl (C=O) groups excluding carboxylic acids is 4. The van der Waals surface area contributed by atoms with Gasteiger partial charge in [0.1, 0.15) is 29.9 Å². The molecular weight excluding hydrogens is 466 g/mol. The Hall–Kier alpha value is -3.75. The van der Waals surface area contributed by atoms with E-state index in [1.165, 1.54) is 31.2 Å². The monoisotopic (exact) mass is 497 g/mol. The van der Waals surface area contributed by atoms with Gasteiger partial charge in [0.25, 0.3) is 0 Å². The highest BCUT2D eigenvalue weighted by Gasteiger charge is 2.31. The van der Waals surface area contributed by atoms with Crippen LogP contribution in [0.3, 0.4) is 0 Å². The van der Waals surface area contributed by atoms with Gasteiger partial charge in [-0.1, -0.05) is 12.1 Å². The van der Waals surface area contributed by atoms with Crippen LogP contribution in [0.1, 0.15) is 25.3 Å². The molecule has 5 atom stereocenters. The fourth-order valence-electron chi connectivity index (χ4n) is 2.85. The van der Waals surface area contributed by atoms with Gasteiger partial charge < -0.3 is 47.8 Å². The Morgan fingerprint density at radius 1 is 0.914 bits per heavy atom. The summed E-state index contributed by atoms with van der Waals surface area (Å²) in [5.41, 5.74) is 11.1. The molecule has 0 aliphatic carbocycles. The van der Waals surface area contributed by atoms with Crippen LogP contribution < -0.4 is 27.4 Å². The number of carboxylic acids is 1. The van der Waals surface area contributed by atoms with Gasteiger partial charge in [-0.3, -0.25) is 19.2 Å². The molecule has 0 saturated heterocycles. The lowest BCUT2D eigenvalue weighted by molar-refractivity contribution is -0.142. The zero-order valence-electron chi connectivity index (χ0n) is 19.0. The van der Waals surface area contributed by atoms with Crippen LogP contribution >= 0.6 is 0 Å². The summed E-state index contributed by atoms with van der Waals surface area (Å²) in [5.74, 6) is -5.10. The molecule has 14 nitrogen and oxygen atoms in total. The maximum absolute atomic E-state index is 12.8. The Balaban J connectivity index is 2.96. The topological polar surface area (TPSA) is 254 Å². The summed E-state index contributed by atoms with van der Waals surface area (Å²) in [6.45, 7) is 0.367. The van der Waals surface area contributed by atoms with Crippen molar-refractivity contribution >= 4 is 29.6 Å². The summed E-state index contributed by atoms with van der Waals surface area (Å²) in [4.78, 5) is 60.3. The van der Waals surface area contributed by atoms with Gasteiger partial charge in [-0.15, -0.1) is 0 Å². The van der Waals surface area contributed by atoms with E-state index in [0.29, 0.717) is 5.56 Å². The molecule has 0 fully saturated rings. The van der Waals surface area contributed by atoms with Crippen molar-refractivity contribution in [2.75, 3.05) is 6.61 Å². The van der Waals surface area contributed by atoms with Gasteiger partial charge in [0, 0.05) is 12.8 Å². The molecule has 35 heavy (non-hydrogen) atoms. The number of carboxylic acid groups (broad SMARTS) is 1. The molecule has 0 radical (unpaired) electrons. The maximum Gasteiger partial charge on any atom is 0.326 e. The molecule has 0 aliphatic rings. The molecule has 0 aromatic heterocycles. The lowest BCUT2D eigenvalue weighted by Gasteiger charge is -2.24. The smallest absolute Gasteiger partial charge is 0.326 e. The van der Waals surface area contributed by atoms with Crippen LogP contribution in [0.4, 0.5) is 0 Å². The first-order chi connectivity index (χ1) is 16.3. The van der Waals surface area contributed by atoms with Crippen molar-refractivity contribution in [3.8, 4) is 5.75 Å². The molecule has 1 rings (SSSR count). The summed E-state index contributed by atoms with van der Waals surface area (Å²) < 4.78 is 0. The van der Waals surface area contributed by atoms with Crippen LogP contribution in [-0.4, -0.2) is 86.9 Å². The Labute approximate surface area is 200 Å². The number of phenolic OH excluding ortho intramolecular Hbond substituents is 1. The van der Waals surface area contributed by atoms with E-state index in [-0.39, 0.29) is 25.0 Å². The van der Waals surface area contributed by atoms with Crippen molar-refractivity contribution in [1.29, 1.82) is 0 Å². The Bertz CT molecular complexity index is 907. The molecule has 194 valence electrons. The van der Waals surface area contributed by atoms with Crippen LogP contribution in [0.25, 0.3) is 0 Å². The largest absolute Gasteiger partial charge is 0.508 e. The third kappa shape index (κ3) is 9.95. The third-order valence-electron chi connectivity index (χ3n) is 4.94. The molecule has 0 saturated carbocycles. The minimum Gasteiger partial charge on any atom is -0.508 e. The first kappa shape index (κ1) is 29.3. The van der Waals surface area contributed by atoms with Crippen LogP contribution in [0.5, 0.6) is 5.75 Å². The number of aliphatic hydroxyl groups excluding tert-OH is 2. The van der Waals surface area contributed by atoms with Gasteiger partial charge in [0.05, 0.1) is 12.7 Å². The number of rotatable bonds is 14. The van der Waals surface area contributed by atoms with Crippen molar-refractivity contribution in [3.63, 3.8) is 0 Å². The predicted molar refractivity (Wildman–Crippen MR) is 120 cm³/mol. The molecule has 11 N–H and O–H groups in total. The number of aromatic hydroxyl groups is 1. The van der Waals surface area contributed by atoms with Crippen molar-refractivity contribution in [1.82, 2.24) is 16.0 Å². The lowest BCUT2D eigenvalue weighted by atomic mass is 10.0. The summed E-state index contributed by atoms with van der Waals surface area (Å²) in [6, 6.07) is -0.167. The minimum absolute atomic E-state index is 0.0289. The van der Waals surface area contributed by atoms with Crippen LogP contribution in [-0.2, 0) is 30.4 Å². The van der Waals surface area contributed by atoms with Crippen molar-refractivity contribution < 1.29 is 44.4 Å². The van der Waals surface area contributed by atoms with E-state index in [4.69, 9.17) is 11.5 Å². The van der Waals surface area contributed by atoms with Crippen molar-refractivity contribution in [2.24, 2.45) is 11.5 Å². The molecule has 1 aromatic rings. The highest BCUT2D eigenvalue weighted by molar-refractivity contribution is 5.94.